The molecule has 0 saturated carbocycles. The van der Waals surface area contributed by atoms with E-state index in [-0.39, 0.29) is 43.0 Å². The fourth-order valence-corrected chi connectivity index (χ4v) is 3.37. The number of hydrogen-bond acceptors (Lipinski definition) is 6. The van der Waals surface area contributed by atoms with E-state index in [1.165, 1.54) is 23.2 Å². The maximum absolute atomic E-state index is 13.7. The van der Waals surface area contributed by atoms with Gasteiger partial charge in [-0.25, -0.2) is 18.7 Å². The molecule has 0 atom stereocenters. The van der Waals surface area contributed by atoms with Crippen LogP contribution >= 0.6 is 11.9 Å². The first-order valence-corrected chi connectivity index (χ1v) is 9.81. The van der Waals surface area contributed by atoms with Gasteiger partial charge in [-0.15, -0.1) is 0 Å². The molecule has 1 saturated heterocycles. The largest absolute Gasteiger partial charge is 0.417 e. The monoisotopic (exact) mass is 447 g/mol. The Morgan fingerprint density at radius 2 is 1.97 bits per heavy atom. The fourth-order valence-electron chi connectivity index (χ4n) is 3.06. The van der Waals surface area contributed by atoms with Crippen molar-refractivity contribution >= 4 is 29.4 Å². The van der Waals surface area contributed by atoms with Crippen LogP contribution in [0.15, 0.2) is 35.6 Å². The Kier molecular flexibility index (Phi) is 6.46. The van der Waals surface area contributed by atoms with Crippen molar-refractivity contribution in [1.82, 2.24) is 9.97 Å². The number of aromatic nitrogens is 2. The molecular formula is C18H18F5N5OS. The number of carbonyl (C=O) groups excluding carboxylic acids is 1. The standard InChI is InChI=1S/C18H18F5N5OS/c19-17(20)3-1-6-28(7-4-17)15-13(8-11(10-26-15)18(21,22)23)16(29)27-12-2-5-25-14(9-12)30-24/h2,5,8-10H,1,3-4,6-7,24H2,(H,25,27,29). The van der Waals surface area contributed by atoms with Crippen molar-refractivity contribution in [3.05, 3.63) is 41.7 Å². The molecule has 0 unspecified atom stereocenters. The smallest absolute Gasteiger partial charge is 0.356 e. The molecule has 3 N–H and O–H groups in total. The third kappa shape index (κ3) is 5.36. The molecule has 6 nitrogen and oxygen atoms in total. The molecule has 0 aliphatic carbocycles. The maximum Gasteiger partial charge on any atom is 0.417 e. The Labute approximate surface area is 173 Å². The average molecular weight is 447 g/mol. The molecule has 3 heterocycles. The van der Waals surface area contributed by atoms with Crippen molar-refractivity contribution in [3.8, 4) is 0 Å². The van der Waals surface area contributed by atoms with Gasteiger partial charge in [-0.3, -0.25) is 9.93 Å². The average Bonchev–Trinajstić information content (AvgIpc) is 2.87. The van der Waals surface area contributed by atoms with Crippen molar-refractivity contribution in [2.75, 3.05) is 23.3 Å². The molecular weight excluding hydrogens is 429 g/mol. The lowest BCUT2D eigenvalue weighted by Gasteiger charge is -2.24. The second-order valence-electron chi connectivity index (χ2n) is 6.74. The summed E-state index contributed by atoms with van der Waals surface area (Å²) in [6.45, 7) is 0.0202. The van der Waals surface area contributed by atoms with Crippen molar-refractivity contribution in [2.45, 2.75) is 36.4 Å². The molecule has 30 heavy (non-hydrogen) atoms. The summed E-state index contributed by atoms with van der Waals surface area (Å²) in [6, 6.07) is 3.58. The van der Waals surface area contributed by atoms with Crippen LogP contribution in [0, 0.1) is 0 Å². The van der Waals surface area contributed by atoms with Gasteiger partial charge in [0.15, 0.2) is 0 Å². The molecule has 2 aromatic rings. The number of nitrogens with two attached hydrogens (primary N) is 1. The molecule has 3 rings (SSSR count). The van der Waals surface area contributed by atoms with Gasteiger partial charge < -0.3 is 10.2 Å². The topological polar surface area (TPSA) is 84.1 Å². The Hall–Kier alpha value is -2.47. The lowest BCUT2D eigenvalue weighted by Crippen LogP contribution is -2.29. The number of amides is 1. The number of pyridine rings is 2. The predicted molar refractivity (Wildman–Crippen MR) is 102 cm³/mol. The summed E-state index contributed by atoms with van der Waals surface area (Å²) in [5.41, 5.74) is -1.19. The second kappa shape index (κ2) is 8.72. The first kappa shape index (κ1) is 22.2. The number of nitrogens with one attached hydrogen (secondary N) is 1. The van der Waals surface area contributed by atoms with Crippen LogP contribution in [0.2, 0.25) is 0 Å². The van der Waals surface area contributed by atoms with Gasteiger partial charge >= 0.3 is 6.18 Å². The predicted octanol–water partition coefficient (Wildman–Crippen LogP) is 4.34. The summed E-state index contributed by atoms with van der Waals surface area (Å²) in [4.78, 5) is 22.0. The van der Waals surface area contributed by atoms with Gasteiger partial charge in [-0.1, -0.05) is 0 Å². The number of halogens is 5. The normalized spacial score (nSPS) is 16.8. The van der Waals surface area contributed by atoms with Crippen LogP contribution in [0.4, 0.5) is 33.5 Å². The molecule has 0 spiro atoms. The highest BCUT2D eigenvalue weighted by Crippen LogP contribution is 2.34. The summed E-state index contributed by atoms with van der Waals surface area (Å²) in [5, 5.41) is 8.31. The van der Waals surface area contributed by atoms with Crippen molar-refractivity contribution in [3.63, 3.8) is 0 Å². The van der Waals surface area contributed by atoms with E-state index in [9.17, 15) is 26.7 Å². The van der Waals surface area contributed by atoms with E-state index in [1.807, 2.05) is 0 Å². The van der Waals surface area contributed by atoms with Crippen LogP contribution in [-0.2, 0) is 6.18 Å². The molecule has 12 heteroatoms. The van der Waals surface area contributed by atoms with Gasteiger partial charge in [0.25, 0.3) is 5.91 Å². The molecule has 1 aliphatic heterocycles. The summed E-state index contributed by atoms with van der Waals surface area (Å²) >= 11 is 0.837. The van der Waals surface area contributed by atoms with Gasteiger partial charge in [0.05, 0.1) is 11.1 Å². The highest BCUT2D eigenvalue weighted by molar-refractivity contribution is 7.97. The van der Waals surface area contributed by atoms with Gasteiger partial charge in [0.2, 0.25) is 5.92 Å². The van der Waals surface area contributed by atoms with E-state index in [4.69, 9.17) is 5.14 Å². The zero-order valence-corrected chi connectivity index (χ0v) is 16.4. The zero-order valence-electron chi connectivity index (χ0n) is 15.5. The number of hydrogen-bond donors (Lipinski definition) is 2. The third-order valence-corrected chi connectivity index (χ3v) is 5.03. The summed E-state index contributed by atoms with van der Waals surface area (Å²) in [5.74, 6) is -3.78. The third-order valence-electron chi connectivity index (χ3n) is 4.57. The van der Waals surface area contributed by atoms with E-state index in [1.54, 1.807) is 0 Å². The van der Waals surface area contributed by atoms with E-state index in [0.29, 0.717) is 17.3 Å². The minimum absolute atomic E-state index is 0.0688. The van der Waals surface area contributed by atoms with Crippen LogP contribution < -0.4 is 15.4 Å². The summed E-state index contributed by atoms with van der Waals surface area (Å²) < 4.78 is 67.0. The van der Waals surface area contributed by atoms with E-state index >= 15 is 0 Å². The zero-order chi connectivity index (χ0) is 21.9. The molecule has 2 aromatic heterocycles. The maximum atomic E-state index is 13.7. The molecule has 162 valence electrons. The van der Waals surface area contributed by atoms with Gasteiger partial charge in [-0.05, 0) is 36.6 Å². The first-order chi connectivity index (χ1) is 14.1. The van der Waals surface area contributed by atoms with Crippen molar-refractivity contribution < 1.29 is 26.7 Å². The lowest BCUT2D eigenvalue weighted by atomic mass is 10.1. The molecule has 0 aromatic carbocycles. The molecule has 0 bridgehead atoms. The fraction of sp³-hybridized carbons (Fsp3) is 0.389. The lowest BCUT2D eigenvalue weighted by molar-refractivity contribution is -0.137. The van der Waals surface area contributed by atoms with Crippen molar-refractivity contribution in [2.24, 2.45) is 5.14 Å². The van der Waals surface area contributed by atoms with Gasteiger partial charge in [0, 0.05) is 44.0 Å². The van der Waals surface area contributed by atoms with Gasteiger partial charge in [-0.2, -0.15) is 13.2 Å². The molecule has 1 aliphatic rings. The minimum atomic E-state index is -4.72. The minimum Gasteiger partial charge on any atom is -0.356 e. The van der Waals surface area contributed by atoms with E-state index in [0.717, 1.165) is 11.9 Å². The number of anilines is 2. The van der Waals surface area contributed by atoms with E-state index < -0.39 is 30.0 Å². The molecule has 1 fully saturated rings. The molecule has 1 amide bonds. The van der Waals surface area contributed by atoms with Crippen LogP contribution in [0.5, 0.6) is 0 Å². The number of nitrogens with zero attached hydrogens (tertiary/aromatic N) is 3. The first-order valence-electron chi connectivity index (χ1n) is 8.93. The number of rotatable bonds is 4. The Morgan fingerprint density at radius 3 is 2.67 bits per heavy atom. The summed E-state index contributed by atoms with van der Waals surface area (Å²) in [6.07, 6.45) is -3.41. The molecule has 0 radical (unpaired) electrons. The number of alkyl halides is 5. The van der Waals surface area contributed by atoms with Crippen molar-refractivity contribution in [1.29, 1.82) is 0 Å². The Bertz CT molecular complexity index is 924. The van der Waals surface area contributed by atoms with Crippen LogP contribution in [0.1, 0.15) is 35.2 Å². The highest BCUT2D eigenvalue weighted by Gasteiger charge is 2.35. The van der Waals surface area contributed by atoms with Crippen LogP contribution in [0.25, 0.3) is 0 Å². The SMILES string of the molecule is NSc1cc(NC(=O)c2cc(C(F)(F)F)cnc2N2CCCC(F)(F)CC2)ccn1. The van der Waals surface area contributed by atoms with Crippen LogP contribution in [-0.4, -0.2) is 34.9 Å². The highest BCUT2D eigenvalue weighted by atomic mass is 32.2. The van der Waals surface area contributed by atoms with E-state index in [2.05, 4.69) is 15.3 Å². The van der Waals surface area contributed by atoms with Gasteiger partial charge in [0.1, 0.15) is 10.8 Å². The Morgan fingerprint density at radius 1 is 1.20 bits per heavy atom. The summed E-state index contributed by atoms with van der Waals surface area (Å²) in [7, 11) is 0. The Balaban J connectivity index is 1.96. The number of carbonyl (C=O) groups is 1. The second-order valence-corrected chi connectivity index (χ2v) is 7.40. The quantitative estimate of drug-likeness (QED) is 0.536. The van der Waals surface area contributed by atoms with Crippen LogP contribution in [0.3, 0.4) is 0 Å².